The van der Waals surface area contributed by atoms with Crippen molar-refractivity contribution < 1.29 is 23.8 Å². The molecule has 0 radical (unpaired) electrons. The Balaban J connectivity index is 1.94. The Morgan fingerprint density at radius 2 is 1.69 bits per heavy atom. The van der Waals surface area contributed by atoms with Crippen LogP contribution < -0.4 is 14.8 Å². The van der Waals surface area contributed by atoms with Crippen molar-refractivity contribution in [2.75, 3.05) is 19.8 Å². The summed E-state index contributed by atoms with van der Waals surface area (Å²) >= 11 is 0. The predicted octanol–water partition coefficient (Wildman–Crippen LogP) is 4.62. The van der Waals surface area contributed by atoms with E-state index in [0.717, 1.165) is 16.8 Å². The standard InChI is InChI=1S/C26H27NO5/c1-5-30-16-12-13-19(20(14-16)31-6-2)22-21(26(29)32-7-3)15(4)27-24-17-10-8-9-11-18(17)25(28)23(22)24/h8-14,22,27H,5-7H2,1-4H3/t22-/m1/s1. The van der Waals surface area contributed by atoms with Crippen molar-refractivity contribution in [3.05, 3.63) is 76.0 Å². The SMILES string of the molecule is CCOC(=O)C1=C(C)NC2=C(C(=O)c3ccccc32)[C@@H]1c1ccc(OCC)cc1OCC. The van der Waals surface area contributed by atoms with Gasteiger partial charge in [0, 0.05) is 34.0 Å². The van der Waals surface area contributed by atoms with E-state index in [1.165, 1.54) is 0 Å². The molecule has 1 aliphatic carbocycles. The third-order valence-corrected chi connectivity index (χ3v) is 5.65. The quantitative estimate of drug-likeness (QED) is 0.643. The van der Waals surface area contributed by atoms with Gasteiger partial charge in [0.05, 0.1) is 37.0 Å². The number of Topliss-reactive ketones (excluding diaryl/α,β-unsaturated/α-hetero) is 1. The highest BCUT2D eigenvalue weighted by Crippen LogP contribution is 2.49. The average molecular weight is 434 g/mol. The van der Waals surface area contributed by atoms with Crippen LogP contribution in [0.3, 0.4) is 0 Å². The average Bonchev–Trinajstić information content (AvgIpc) is 3.06. The van der Waals surface area contributed by atoms with Gasteiger partial charge in [-0.3, -0.25) is 4.79 Å². The van der Waals surface area contributed by atoms with Crippen molar-refractivity contribution in [3.8, 4) is 11.5 Å². The van der Waals surface area contributed by atoms with Gasteiger partial charge in [-0.15, -0.1) is 0 Å². The van der Waals surface area contributed by atoms with Gasteiger partial charge in [-0.25, -0.2) is 4.79 Å². The van der Waals surface area contributed by atoms with Crippen LogP contribution in [0, 0.1) is 0 Å². The minimum absolute atomic E-state index is 0.0984. The zero-order valence-corrected chi connectivity index (χ0v) is 18.8. The maximum atomic E-state index is 13.5. The van der Waals surface area contributed by atoms with Crippen molar-refractivity contribution in [1.82, 2.24) is 5.32 Å². The number of carbonyl (C=O) groups excluding carboxylic acids is 2. The number of rotatable bonds is 7. The molecule has 6 nitrogen and oxygen atoms in total. The molecule has 2 aliphatic rings. The second-order valence-electron chi connectivity index (χ2n) is 7.55. The third kappa shape index (κ3) is 3.55. The molecule has 1 atom stereocenters. The number of ether oxygens (including phenoxy) is 3. The maximum absolute atomic E-state index is 13.5. The molecule has 0 amide bonds. The van der Waals surface area contributed by atoms with Crippen molar-refractivity contribution in [3.63, 3.8) is 0 Å². The van der Waals surface area contributed by atoms with Gasteiger partial charge in [-0.05, 0) is 33.8 Å². The molecule has 6 heteroatoms. The number of ketones is 1. The van der Waals surface area contributed by atoms with Crippen LogP contribution in [0.25, 0.3) is 5.70 Å². The van der Waals surface area contributed by atoms with Crippen LogP contribution in [0.15, 0.2) is 59.3 Å². The first kappa shape index (κ1) is 21.7. The first-order valence-corrected chi connectivity index (χ1v) is 10.9. The van der Waals surface area contributed by atoms with Gasteiger partial charge < -0.3 is 19.5 Å². The number of hydrogen-bond donors (Lipinski definition) is 1. The number of esters is 1. The monoisotopic (exact) mass is 433 g/mol. The molecule has 2 aromatic rings. The zero-order chi connectivity index (χ0) is 22.8. The number of dihydropyridines is 1. The van der Waals surface area contributed by atoms with E-state index in [1.54, 1.807) is 6.92 Å². The fraction of sp³-hybridized carbons (Fsp3) is 0.308. The topological polar surface area (TPSA) is 73.9 Å². The van der Waals surface area contributed by atoms with E-state index < -0.39 is 11.9 Å². The lowest BCUT2D eigenvalue weighted by Crippen LogP contribution is -2.29. The third-order valence-electron chi connectivity index (χ3n) is 5.65. The summed E-state index contributed by atoms with van der Waals surface area (Å²) in [7, 11) is 0. The lowest BCUT2D eigenvalue weighted by atomic mass is 9.79. The second-order valence-corrected chi connectivity index (χ2v) is 7.55. The van der Waals surface area contributed by atoms with Crippen LogP contribution in [0.5, 0.6) is 11.5 Å². The van der Waals surface area contributed by atoms with Crippen LogP contribution in [0.2, 0.25) is 0 Å². The van der Waals surface area contributed by atoms with E-state index in [0.29, 0.717) is 47.1 Å². The lowest BCUT2D eigenvalue weighted by molar-refractivity contribution is -0.138. The molecule has 2 aromatic carbocycles. The molecule has 1 aliphatic heterocycles. The fourth-order valence-corrected chi connectivity index (χ4v) is 4.41. The molecule has 4 rings (SSSR count). The van der Waals surface area contributed by atoms with E-state index in [1.807, 2.05) is 63.2 Å². The highest BCUT2D eigenvalue weighted by Gasteiger charge is 2.43. The number of nitrogens with one attached hydrogen (secondary N) is 1. The largest absolute Gasteiger partial charge is 0.494 e. The minimum Gasteiger partial charge on any atom is -0.494 e. The van der Waals surface area contributed by atoms with Crippen molar-refractivity contribution >= 4 is 17.4 Å². The van der Waals surface area contributed by atoms with E-state index in [9.17, 15) is 9.59 Å². The van der Waals surface area contributed by atoms with Crippen LogP contribution in [0.1, 0.15) is 55.1 Å². The minimum atomic E-state index is -0.623. The number of hydrogen-bond acceptors (Lipinski definition) is 6. The highest BCUT2D eigenvalue weighted by molar-refractivity contribution is 6.23. The molecular formula is C26H27NO5. The Kier molecular flexibility index (Phi) is 6.04. The van der Waals surface area contributed by atoms with Crippen LogP contribution in [0.4, 0.5) is 0 Å². The molecule has 32 heavy (non-hydrogen) atoms. The van der Waals surface area contributed by atoms with Gasteiger partial charge in [0.2, 0.25) is 0 Å². The molecule has 0 saturated carbocycles. The number of carbonyl (C=O) groups is 2. The summed E-state index contributed by atoms with van der Waals surface area (Å²) in [5.74, 6) is 0.0770. The van der Waals surface area contributed by atoms with Crippen LogP contribution >= 0.6 is 0 Å². The summed E-state index contributed by atoms with van der Waals surface area (Å²) in [6.07, 6.45) is 0. The Morgan fingerprint density at radius 1 is 0.969 bits per heavy atom. The Morgan fingerprint density at radius 3 is 2.38 bits per heavy atom. The van der Waals surface area contributed by atoms with Crippen molar-refractivity contribution in [2.24, 2.45) is 0 Å². The summed E-state index contributed by atoms with van der Waals surface area (Å²) < 4.78 is 17.0. The van der Waals surface area contributed by atoms with Crippen molar-refractivity contribution in [1.29, 1.82) is 0 Å². The van der Waals surface area contributed by atoms with E-state index in [2.05, 4.69) is 5.32 Å². The molecule has 0 spiro atoms. The number of benzene rings is 2. The summed E-state index contributed by atoms with van der Waals surface area (Å²) in [6.45, 7) is 8.61. The van der Waals surface area contributed by atoms with Gasteiger partial charge in [-0.2, -0.15) is 0 Å². The summed E-state index contributed by atoms with van der Waals surface area (Å²) in [6, 6.07) is 13.0. The molecule has 1 heterocycles. The van der Waals surface area contributed by atoms with E-state index in [-0.39, 0.29) is 12.4 Å². The smallest absolute Gasteiger partial charge is 0.336 e. The van der Waals surface area contributed by atoms with Gasteiger partial charge in [0.25, 0.3) is 0 Å². The number of allylic oxidation sites excluding steroid dienone is 2. The van der Waals surface area contributed by atoms with Gasteiger partial charge >= 0.3 is 5.97 Å². The molecule has 166 valence electrons. The van der Waals surface area contributed by atoms with E-state index >= 15 is 0 Å². The number of fused-ring (bicyclic) bond motifs is 2. The summed E-state index contributed by atoms with van der Waals surface area (Å²) in [5, 5.41) is 3.31. The Labute approximate surface area is 187 Å². The summed E-state index contributed by atoms with van der Waals surface area (Å²) in [4.78, 5) is 26.6. The Bertz CT molecular complexity index is 1140. The van der Waals surface area contributed by atoms with Gasteiger partial charge in [0.15, 0.2) is 5.78 Å². The van der Waals surface area contributed by atoms with Crippen LogP contribution in [-0.2, 0) is 9.53 Å². The molecule has 0 unspecified atom stereocenters. The second kappa shape index (κ2) is 8.91. The molecule has 1 N–H and O–H groups in total. The lowest BCUT2D eigenvalue weighted by Gasteiger charge is -2.30. The fourth-order valence-electron chi connectivity index (χ4n) is 4.41. The van der Waals surface area contributed by atoms with Crippen molar-refractivity contribution in [2.45, 2.75) is 33.6 Å². The normalized spacial score (nSPS) is 17.0. The predicted molar refractivity (Wildman–Crippen MR) is 122 cm³/mol. The summed E-state index contributed by atoms with van der Waals surface area (Å²) in [5.41, 5.74) is 4.53. The molecule has 0 aromatic heterocycles. The highest BCUT2D eigenvalue weighted by atomic mass is 16.5. The van der Waals surface area contributed by atoms with Crippen LogP contribution in [-0.4, -0.2) is 31.6 Å². The van der Waals surface area contributed by atoms with Gasteiger partial charge in [0.1, 0.15) is 11.5 Å². The molecule has 0 bridgehead atoms. The molecule has 0 saturated heterocycles. The molecule has 0 fully saturated rings. The first-order valence-electron chi connectivity index (χ1n) is 10.9. The van der Waals surface area contributed by atoms with E-state index in [4.69, 9.17) is 14.2 Å². The molecular weight excluding hydrogens is 406 g/mol. The first-order chi connectivity index (χ1) is 15.5. The maximum Gasteiger partial charge on any atom is 0.336 e. The zero-order valence-electron chi connectivity index (χ0n) is 18.8. The van der Waals surface area contributed by atoms with Gasteiger partial charge in [-0.1, -0.05) is 30.3 Å². The Hall–Kier alpha value is -3.54.